The summed E-state index contributed by atoms with van der Waals surface area (Å²) in [6.07, 6.45) is 16.2. The molecule has 2 aliphatic carbocycles. The minimum Gasteiger partial charge on any atom is -0.353 e. The smallest absolute Gasteiger partial charge is 0.223 e. The third kappa shape index (κ3) is 4.13. The maximum absolute atomic E-state index is 12.5. The number of carbonyl (C=O) groups excluding carboxylic acids is 1. The molecule has 0 atom stereocenters. The Morgan fingerprint density at radius 1 is 0.923 bits per heavy atom. The summed E-state index contributed by atoms with van der Waals surface area (Å²) >= 11 is 0. The second-order valence-corrected chi connectivity index (χ2v) is 8.35. The highest BCUT2D eigenvalue weighted by molar-refractivity contribution is 5.79. The van der Waals surface area contributed by atoms with Crippen LogP contribution in [0, 0.1) is 5.92 Å². The van der Waals surface area contributed by atoms with Crippen molar-refractivity contribution in [3.8, 4) is 0 Å². The molecule has 1 aliphatic heterocycles. The number of nitrogens with one attached hydrogen (secondary N) is 1. The van der Waals surface area contributed by atoms with Crippen LogP contribution in [-0.2, 0) is 4.79 Å². The van der Waals surface area contributed by atoms with Gasteiger partial charge in [-0.1, -0.05) is 37.5 Å². The molecule has 2 fully saturated rings. The number of hydrogen-bond donors (Lipinski definition) is 1. The van der Waals surface area contributed by atoms with E-state index in [1.54, 1.807) is 0 Å². The first-order chi connectivity index (χ1) is 12.8. The van der Waals surface area contributed by atoms with Crippen LogP contribution in [0.25, 0.3) is 0 Å². The predicted molar refractivity (Wildman–Crippen MR) is 107 cm³/mol. The average molecular weight is 353 g/mol. The van der Waals surface area contributed by atoms with Gasteiger partial charge in [-0.2, -0.15) is 0 Å². The Morgan fingerprint density at radius 2 is 1.65 bits per heavy atom. The molecule has 0 bridgehead atoms. The number of anilines is 1. The van der Waals surface area contributed by atoms with E-state index in [0.717, 1.165) is 38.6 Å². The zero-order valence-corrected chi connectivity index (χ0v) is 15.8. The van der Waals surface area contributed by atoms with Crippen molar-refractivity contribution in [3.05, 3.63) is 42.1 Å². The Bertz CT molecular complexity index is 622. The van der Waals surface area contributed by atoms with Gasteiger partial charge in [-0.25, -0.2) is 0 Å². The van der Waals surface area contributed by atoms with Crippen LogP contribution in [0.3, 0.4) is 0 Å². The molecule has 4 rings (SSSR count). The van der Waals surface area contributed by atoms with Gasteiger partial charge in [-0.3, -0.25) is 4.79 Å². The predicted octanol–water partition coefficient (Wildman–Crippen LogP) is 5.13. The Hall–Kier alpha value is -1.77. The summed E-state index contributed by atoms with van der Waals surface area (Å²) in [6, 6.07) is 9.55. The quantitative estimate of drug-likeness (QED) is 0.814. The second-order valence-electron chi connectivity index (χ2n) is 8.35. The first kappa shape index (κ1) is 17.6. The van der Waals surface area contributed by atoms with Crippen molar-refractivity contribution in [2.45, 2.75) is 76.2 Å². The minimum atomic E-state index is 0.286. The highest BCUT2D eigenvalue weighted by Gasteiger charge is 2.27. The van der Waals surface area contributed by atoms with E-state index in [1.165, 1.54) is 43.4 Å². The van der Waals surface area contributed by atoms with Gasteiger partial charge in [-0.05, 0) is 68.6 Å². The molecule has 2 saturated carbocycles. The first-order valence-corrected chi connectivity index (χ1v) is 10.6. The molecule has 0 spiro atoms. The fourth-order valence-corrected chi connectivity index (χ4v) is 4.90. The highest BCUT2D eigenvalue weighted by Crippen LogP contribution is 2.34. The van der Waals surface area contributed by atoms with Crippen molar-refractivity contribution in [3.63, 3.8) is 0 Å². The molecule has 1 N–H and O–H groups in total. The zero-order valence-electron chi connectivity index (χ0n) is 15.8. The summed E-state index contributed by atoms with van der Waals surface area (Å²) in [5.41, 5.74) is 2.77. The van der Waals surface area contributed by atoms with Crippen LogP contribution in [-0.4, -0.2) is 18.5 Å². The molecule has 140 valence electrons. The van der Waals surface area contributed by atoms with E-state index in [1.807, 2.05) is 0 Å². The van der Waals surface area contributed by atoms with Crippen LogP contribution in [0.5, 0.6) is 0 Å². The van der Waals surface area contributed by atoms with Crippen molar-refractivity contribution in [1.82, 2.24) is 5.32 Å². The molecule has 3 nitrogen and oxygen atoms in total. The van der Waals surface area contributed by atoms with Crippen molar-refractivity contribution < 1.29 is 4.79 Å². The Morgan fingerprint density at radius 3 is 2.31 bits per heavy atom. The molecule has 0 aromatic heterocycles. The largest absolute Gasteiger partial charge is 0.353 e. The van der Waals surface area contributed by atoms with E-state index in [2.05, 4.69) is 46.8 Å². The Kier molecular flexibility index (Phi) is 5.62. The molecule has 3 heteroatoms. The molecule has 1 amide bonds. The van der Waals surface area contributed by atoms with Crippen LogP contribution in [0.1, 0.15) is 75.7 Å². The van der Waals surface area contributed by atoms with E-state index in [0.29, 0.717) is 17.9 Å². The molecular formula is C23H32N2O. The number of nitrogens with zero attached hydrogens (tertiary/aromatic N) is 1. The van der Waals surface area contributed by atoms with E-state index in [-0.39, 0.29) is 5.92 Å². The topological polar surface area (TPSA) is 32.3 Å². The fourth-order valence-electron chi connectivity index (χ4n) is 4.90. The molecule has 0 radical (unpaired) electrons. The maximum atomic E-state index is 12.5. The van der Waals surface area contributed by atoms with Crippen molar-refractivity contribution in [2.75, 3.05) is 11.4 Å². The summed E-state index contributed by atoms with van der Waals surface area (Å²) in [5, 5.41) is 3.35. The van der Waals surface area contributed by atoms with E-state index >= 15 is 0 Å². The molecule has 0 unspecified atom stereocenters. The minimum absolute atomic E-state index is 0.286. The molecule has 1 aromatic carbocycles. The van der Waals surface area contributed by atoms with Gasteiger partial charge in [-0.15, -0.1) is 0 Å². The van der Waals surface area contributed by atoms with Crippen LogP contribution >= 0.6 is 0 Å². The van der Waals surface area contributed by atoms with Gasteiger partial charge in [0.2, 0.25) is 5.91 Å². The first-order valence-electron chi connectivity index (χ1n) is 10.6. The third-order valence-electron chi connectivity index (χ3n) is 6.57. The summed E-state index contributed by atoms with van der Waals surface area (Å²) in [7, 11) is 0. The monoisotopic (exact) mass is 352 g/mol. The standard InChI is InChI=1S/C23H32N2O/c26-23(20-6-2-1-3-7-20)24-21-12-8-18(9-13-21)19-10-14-22(15-11-19)25-16-4-5-17-25/h4,10-11,14-16,18,20-21H,1-3,5-9,12-13,17H2,(H,24,26). The third-order valence-corrected chi connectivity index (χ3v) is 6.57. The molecule has 1 heterocycles. The molecule has 1 aromatic rings. The molecule has 3 aliphatic rings. The lowest BCUT2D eigenvalue weighted by Gasteiger charge is -2.31. The van der Waals surface area contributed by atoms with Crippen molar-refractivity contribution in [2.24, 2.45) is 5.92 Å². The normalized spacial score (nSPS) is 26.8. The highest BCUT2D eigenvalue weighted by atomic mass is 16.1. The second kappa shape index (κ2) is 8.28. The van der Waals surface area contributed by atoms with Gasteiger partial charge in [0.15, 0.2) is 0 Å². The van der Waals surface area contributed by atoms with Gasteiger partial charge in [0.25, 0.3) is 0 Å². The number of amides is 1. The van der Waals surface area contributed by atoms with E-state index in [4.69, 9.17) is 0 Å². The van der Waals surface area contributed by atoms with Gasteiger partial charge in [0.1, 0.15) is 0 Å². The van der Waals surface area contributed by atoms with Crippen LogP contribution < -0.4 is 10.2 Å². The SMILES string of the molecule is O=C(NC1CCC(c2ccc(N3C=CCC3)cc2)CC1)C1CCCCC1. The average Bonchev–Trinajstić information content (AvgIpc) is 3.24. The van der Waals surface area contributed by atoms with Crippen LogP contribution in [0.15, 0.2) is 36.5 Å². The zero-order chi connectivity index (χ0) is 17.8. The number of carbonyl (C=O) groups is 1. The lowest BCUT2D eigenvalue weighted by molar-refractivity contribution is -0.126. The van der Waals surface area contributed by atoms with Gasteiger partial charge in [0, 0.05) is 30.4 Å². The summed E-state index contributed by atoms with van der Waals surface area (Å²) in [4.78, 5) is 14.8. The number of benzene rings is 1. The lowest BCUT2D eigenvalue weighted by Crippen LogP contribution is -2.41. The van der Waals surface area contributed by atoms with Gasteiger partial charge < -0.3 is 10.2 Å². The van der Waals surface area contributed by atoms with Crippen LogP contribution in [0.2, 0.25) is 0 Å². The van der Waals surface area contributed by atoms with E-state index in [9.17, 15) is 4.79 Å². The summed E-state index contributed by atoms with van der Waals surface area (Å²) < 4.78 is 0. The number of rotatable bonds is 4. The number of hydrogen-bond acceptors (Lipinski definition) is 2. The fraction of sp³-hybridized carbons (Fsp3) is 0.609. The van der Waals surface area contributed by atoms with Gasteiger partial charge >= 0.3 is 0 Å². The molecule has 0 saturated heterocycles. The Labute approximate surface area is 157 Å². The van der Waals surface area contributed by atoms with Crippen molar-refractivity contribution in [1.29, 1.82) is 0 Å². The summed E-state index contributed by atoms with van der Waals surface area (Å²) in [5.74, 6) is 1.27. The van der Waals surface area contributed by atoms with Gasteiger partial charge in [0.05, 0.1) is 0 Å². The Balaban J connectivity index is 1.26. The van der Waals surface area contributed by atoms with Crippen molar-refractivity contribution >= 4 is 11.6 Å². The maximum Gasteiger partial charge on any atom is 0.223 e. The summed E-state index contributed by atoms with van der Waals surface area (Å²) in [6.45, 7) is 1.10. The molecule has 26 heavy (non-hydrogen) atoms. The lowest BCUT2D eigenvalue weighted by atomic mass is 9.81. The van der Waals surface area contributed by atoms with E-state index < -0.39 is 0 Å². The molecular weight excluding hydrogens is 320 g/mol. The van der Waals surface area contributed by atoms with Crippen LogP contribution in [0.4, 0.5) is 5.69 Å².